The van der Waals surface area contributed by atoms with Crippen molar-refractivity contribution in [2.75, 3.05) is 0 Å². The van der Waals surface area contributed by atoms with Crippen LogP contribution in [0.15, 0.2) is 51.1 Å². The van der Waals surface area contributed by atoms with Crippen molar-refractivity contribution in [2.45, 2.75) is 0 Å². The maximum absolute atomic E-state index is 12.7. The van der Waals surface area contributed by atoms with E-state index in [-0.39, 0.29) is 5.56 Å². The number of hydrogen-bond acceptors (Lipinski definition) is 6. The Morgan fingerprint density at radius 3 is 2.19 bits per heavy atom. The summed E-state index contributed by atoms with van der Waals surface area (Å²) in [6.45, 7) is 0. The Morgan fingerprint density at radius 1 is 1.00 bits per heavy atom. The van der Waals surface area contributed by atoms with Crippen LogP contribution in [0.4, 0.5) is 0 Å². The second-order valence-electron chi connectivity index (χ2n) is 5.93. The summed E-state index contributed by atoms with van der Waals surface area (Å²) >= 11 is 0. The van der Waals surface area contributed by atoms with Crippen LogP contribution in [-0.4, -0.2) is 37.7 Å². The lowest BCUT2D eigenvalue weighted by Gasteiger charge is -2.22. The van der Waals surface area contributed by atoms with Gasteiger partial charge in [-0.15, -0.1) is 0 Å². The van der Waals surface area contributed by atoms with Crippen molar-refractivity contribution in [1.82, 2.24) is 14.6 Å². The number of nitrogens with zero attached hydrogens (tertiary/aromatic N) is 3. The second kappa shape index (κ2) is 5.77. The first kappa shape index (κ1) is 16.5. The average Bonchev–Trinajstić information content (AvgIpc) is 2.66. The predicted octanol–water partition coefficient (Wildman–Crippen LogP) is 0.562. The van der Waals surface area contributed by atoms with Crippen LogP contribution >= 0.6 is 0 Å². The molecule has 0 fully saturated rings. The largest absolute Gasteiger partial charge is 0.494 e. The number of H-pyrrole nitrogens is 1. The van der Waals surface area contributed by atoms with Crippen LogP contribution in [0.25, 0.3) is 10.8 Å². The van der Waals surface area contributed by atoms with Crippen molar-refractivity contribution in [1.29, 1.82) is 0 Å². The summed E-state index contributed by atoms with van der Waals surface area (Å²) in [6, 6.07) is 10.1. The van der Waals surface area contributed by atoms with Gasteiger partial charge in [0.1, 0.15) is 5.56 Å². The summed E-state index contributed by atoms with van der Waals surface area (Å²) in [5.41, 5.74) is -1.44. The summed E-state index contributed by atoms with van der Waals surface area (Å²) in [4.78, 5) is 50.8. The Hall–Kier alpha value is -4.01. The fraction of sp³-hybridized carbons (Fsp3) is 0.0556. The number of aromatic nitrogens is 2. The van der Waals surface area contributed by atoms with Gasteiger partial charge in [-0.1, -0.05) is 24.3 Å². The number of imide groups is 1. The molecule has 27 heavy (non-hydrogen) atoms. The molecule has 1 aromatic heterocycles. The van der Waals surface area contributed by atoms with E-state index >= 15 is 0 Å². The number of nitrogens with one attached hydrogen (secondary N) is 1. The number of carbonyl (C=O) groups is 2. The highest BCUT2D eigenvalue weighted by Gasteiger charge is 2.32. The smallest absolute Gasteiger partial charge is 0.330 e. The molecule has 2 aromatic carbocycles. The second-order valence-corrected chi connectivity index (χ2v) is 5.93. The number of rotatable bonds is 2. The number of hydrazone groups is 1. The summed E-state index contributed by atoms with van der Waals surface area (Å²) in [7, 11) is 1.25. The molecule has 0 spiro atoms. The first-order valence-electron chi connectivity index (χ1n) is 7.87. The molecule has 0 radical (unpaired) electrons. The van der Waals surface area contributed by atoms with E-state index in [1.807, 2.05) is 4.98 Å². The summed E-state index contributed by atoms with van der Waals surface area (Å²) in [5, 5.41) is 15.7. The van der Waals surface area contributed by atoms with Crippen molar-refractivity contribution in [3.63, 3.8) is 0 Å². The van der Waals surface area contributed by atoms with Gasteiger partial charge in [-0.2, -0.15) is 10.1 Å². The minimum absolute atomic E-state index is 0.304. The highest BCUT2D eigenvalue weighted by atomic mass is 16.3. The van der Waals surface area contributed by atoms with Crippen molar-refractivity contribution < 1.29 is 14.7 Å². The Morgan fingerprint density at radius 2 is 1.59 bits per heavy atom. The molecule has 3 aromatic rings. The molecule has 9 nitrogen and oxygen atoms in total. The first-order valence-corrected chi connectivity index (χ1v) is 7.87. The standard InChI is InChI=1S/C18H12N4O5/c1-21-15(24)12(14(23)20-18(21)27)8-19-22-16(25)10-6-2-4-9-5-3-7-11(13(9)10)17(22)26/h2-8,24H,1H3,(H,20,23,27). The molecule has 0 aliphatic carbocycles. The maximum atomic E-state index is 12.7. The van der Waals surface area contributed by atoms with Crippen LogP contribution in [0.1, 0.15) is 26.3 Å². The summed E-state index contributed by atoms with van der Waals surface area (Å²) in [6.07, 6.45) is 0.872. The molecule has 0 unspecified atom stereocenters. The third-order valence-electron chi connectivity index (χ3n) is 4.38. The molecule has 0 bridgehead atoms. The van der Waals surface area contributed by atoms with Crippen molar-refractivity contribution in [2.24, 2.45) is 12.1 Å². The van der Waals surface area contributed by atoms with Crippen LogP contribution in [0.2, 0.25) is 0 Å². The zero-order valence-electron chi connectivity index (χ0n) is 14.0. The lowest BCUT2D eigenvalue weighted by atomic mass is 9.95. The van der Waals surface area contributed by atoms with Gasteiger partial charge in [-0.3, -0.25) is 23.9 Å². The van der Waals surface area contributed by atoms with E-state index in [1.54, 1.807) is 36.4 Å². The molecule has 1 aliphatic heterocycles. The fourth-order valence-corrected chi connectivity index (χ4v) is 2.98. The highest BCUT2D eigenvalue weighted by Crippen LogP contribution is 2.30. The third-order valence-corrected chi connectivity index (χ3v) is 4.38. The van der Waals surface area contributed by atoms with Gasteiger partial charge in [0.25, 0.3) is 17.4 Å². The molecular weight excluding hydrogens is 352 g/mol. The Kier molecular flexibility index (Phi) is 3.51. The van der Waals surface area contributed by atoms with E-state index in [2.05, 4.69) is 5.10 Å². The van der Waals surface area contributed by atoms with Crippen molar-refractivity contribution in [3.8, 4) is 5.88 Å². The minimum atomic E-state index is -0.890. The van der Waals surface area contributed by atoms with E-state index in [0.717, 1.165) is 16.2 Å². The number of hydrogen-bond donors (Lipinski definition) is 2. The van der Waals surface area contributed by atoms with E-state index < -0.39 is 28.9 Å². The molecule has 0 saturated carbocycles. The zero-order chi connectivity index (χ0) is 19.3. The lowest BCUT2D eigenvalue weighted by Crippen LogP contribution is -2.37. The SMILES string of the molecule is Cn1c(O)c(C=NN2C(=O)c3cccc4cccc(c34)C2=O)c(=O)[nH]c1=O. The molecule has 134 valence electrons. The number of aromatic amines is 1. The molecule has 4 rings (SSSR count). The summed E-state index contributed by atoms with van der Waals surface area (Å²) in [5.74, 6) is -1.94. The topological polar surface area (TPSA) is 125 Å². The quantitative estimate of drug-likeness (QED) is 0.508. The molecule has 2 N–H and O–H groups in total. The average molecular weight is 364 g/mol. The number of carbonyl (C=O) groups excluding carboxylic acids is 2. The van der Waals surface area contributed by atoms with Gasteiger partial charge in [0.2, 0.25) is 5.88 Å². The Labute approximate surface area is 150 Å². The van der Waals surface area contributed by atoms with Gasteiger partial charge in [-0.05, 0) is 17.5 Å². The Bertz CT molecular complexity index is 1230. The lowest BCUT2D eigenvalue weighted by molar-refractivity contribution is 0.0616. The minimum Gasteiger partial charge on any atom is -0.494 e. The molecule has 2 amide bonds. The fourth-order valence-electron chi connectivity index (χ4n) is 2.98. The number of benzene rings is 2. The zero-order valence-corrected chi connectivity index (χ0v) is 14.0. The molecule has 0 saturated heterocycles. The Balaban J connectivity index is 1.84. The van der Waals surface area contributed by atoms with Crippen LogP contribution in [0.5, 0.6) is 5.88 Å². The molecule has 9 heteroatoms. The van der Waals surface area contributed by atoms with Crippen LogP contribution in [0.3, 0.4) is 0 Å². The highest BCUT2D eigenvalue weighted by molar-refractivity contribution is 6.25. The monoisotopic (exact) mass is 364 g/mol. The van der Waals surface area contributed by atoms with E-state index in [0.29, 0.717) is 21.5 Å². The number of aromatic hydroxyl groups is 1. The third kappa shape index (κ3) is 2.36. The molecular formula is C18H12N4O5. The van der Waals surface area contributed by atoms with Crippen molar-refractivity contribution in [3.05, 3.63) is 73.9 Å². The number of amides is 2. The van der Waals surface area contributed by atoms with Crippen LogP contribution < -0.4 is 11.2 Å². The molecule has 2 heterocycles. The van der Waals surface area contributed by atoms with Crippen LogP contribution in [-0.2, 0) is 7.05 Å². The maximum Gasteiger partial charge on any atom is 0.330 e. The van der Waals surface area contributed by atoms with Crippen LogP contribution in [0, 0.1) is 0 Å². The predicted molar refractivity (Wildman–Crippen MR) is 96.0 cm³/mol. The normalized spacial score (nSPS) is 13.7. The van der Waals surface area contributed by atoms with Gasteiger partial charge in [-0.25, -0.2) is 4.79 Å². The van der Waals surface area contributed by atoms with Gasteiger partial charge >= 0.3 is 5.69 Å². The first-order chi connectivity index (χ1) is 12.9. The molecule has 0 atom stereocenters. The van der Waals surface area contributed by atoms with Gasteiger partial charge < -0.3 is 5.11 Å². The molecule has 1 aliphatic rings. The van der Waals surface area contributed by atoms with E-state index in [1.165, 1.54) is 7.05 Å². The van der Waals surface area contributed by atoms with Gasteiger partial charge in [0.05, 0.1) is 17.3 Å². The van der Waals surface area contributed by atoms with E-state index in [9.17, 15) is 24.3 Å². The van der Waals surface area contributed by atoms with Gasteiger partial charge in [0, 0.05) is 12.4 Å². The van der Waals surface area contributed by atoms with Crippen molar-refractivity contribution >= 4 is 28.8 Å². The van der Waals surface area contributed by atoms with E-state index in [4.69, 9.17) is 0 Å². The van der Waals surface area contributed by atoms with Gasteiger partial charge in [0.15, 0.2) is 0 Å². The summed E-state index contributed by atoms with van der Waals surface area (Å²) < 4.78 is 0.804.